The van der Waals surface area contributed by atoms with Gasteiger partial charge < -0.3 is 5.73 Å². The van der Waals surface area contributed by atoms with E-state index in [1.54, 1.807) is 6.07 Å². The lowest BCUT2D eigenvalue weighted by Gasteiger charge is -2.12. The van der Waals surface area contributed by atoms with E-state index >= 15 is 0 Å². The molecule has 2 aromatic rings. The van der Waals surface area contributed by atoms with Gasteiger partial charge in [-0.15, -0.1) is 0 Å². The smallest absolute Gasteiger partial charge is 0.261 e. The quantitative estimate of drug-likeness (QED) is 0.854. The lowest BCUT2D eigenvalue weighted by molar-refractivity contribution is 0.601. The number of aryl methyl sites for hydroxylation is 2. The van der Waals surface area contributed by atoms with Gasteiger partial charge in [0.15, 0.2) is 0 Å². The minimum atomic E-state index is -3.68. The fourth-order valence-corrected chi connectivity index (χ4v) is 3.01. The van der Waals surface area contributed by atoms with Gasteiger partial charge in [-0.2, -0.15) is 0 Å². The molecule has 2 rings (SSSR count). The van der Waals surface area contributed by atoms with Crippen molar-refractivity contribution in [2.45, 2.75) is 18.7 Å². The monoisotopic (exact) mass is 310 g/mol. The predicted molar refractivity (Wildman–Crippen MR) is 82.6 cm³/mol. The van der Waals surface area contributed by atoms with Crippen LogP contribution in [0.2, 0.25) is 5.02 Å². The number of hydrogen-bond acceptors (Lipinski definition) is 3. The van der Waals surface area contributed by atoms with Crippen LogP contribution in [0.25, 0.3) is 0 Å². The maximum Gasteiger partial charge on any atom is 0.261 e. The molecule has 0 radical (unpaired) electrons. The third-order valence-electron chi connectivity index (χ3n) is 2.92. The third kappa shape index (κ3) is 3.05. The SMILES string of the molecule is Cc1ccc(C)c(NS(=O)(=O)c2ccc(Cl)c(N)c2)c1. The van der Waals surface area contributed by atoms with Crippen LogP contribution in [0.15, 0.2) is 41.3 Å². The van der Waals surface area contributed by atoms with Crippen LogP contribution in [0.3, 0.4) is 0 Å². The average molecular weight is 311 g/mol. The van der Waals surface area contributed by atoms with E-state index in [2.05, 4.69) is 4.72 Å². The lowest BCUT2D eigenvalue weighted by atomic mass is 10.1. The van der Waals surface area contributed by atoms with Crippen LogP contribution in [0, 0.1) is 13.8 Å². The van der Waals surface area contributed by atoms with Crippen LogP contribution in [0.5, 0.6) is 0 Å². The molecule has 0 aliphatic carbocycles. The van der Waals surface area contributed by atoms with Gasteiger partial charge in [0.05, 0.1) is 21.3 Å². The first-order valence-electron chi connectivity index (χ1n) is 5.95. The third-order valence-corrected chi connectivity index (χ3v) is 4.62. The normalized spacial score (nSPS) is 11.3. The molecule has 20 heavy (non-hydrogen) atoms. The minimum absolute atomic E-state index is 0.0836. The topological polar surface area (TPSA) is 72.2 Å². The first-order valence-corrected chi connectivity index (χ1v) is 7.81. The van der Waals surface area contributed by atoms with Crippen molar-refractivity contribution in [2.24, 2.45) is 0 Å². The number of nitrogens with one attached hydrogen (secondary N) is 1. The number of benzene rings is 2. The van der Waals surface area contributed by atoms with Crippen molar-refractivity contribution in [3.8, 4) is 0 Å². The van der Waals surface area contributed by atoms with Gasteiger partial charge in [0.25, 0.3) is 10.0 Å². The number of anilines is 2. The molecule has 0 aliphatic rings. The first kappa shape index (κ1) is 14.7. The van der Waals surface area contributed by atoms with Gasteiger partial charge in [0, 0.05) is 0 Å². The standard InChI is InChI=1S/C14H15ClN2O2S/c1-9-3-4-10(2)14(7-9)17-20(18,19)11-5-6-12(15)13(16)8-11/h3-8,17H,16H2,1-2H3. The van der Waals surface area contributed by atoms with Crippen molar-refractivity contribution in [2.75, 3.05) is 10.5 Å². The molecule has 2 aromatic carbocycles. The van der Waals surface area contributed by atoms with Gasteiger partial charge in [0.2, 0.25) is 0 Å². The van der Waals surface area contributed by atoms with Crippen LogP contribution in [-0.2, 0) is 10.0 Å². The summed E-state index contributed by atoms with van der Waals surface area (Å²) >= 11 is 5.80. The Morgan fingerprint density at radius 2 is 1.80 bits per heavy atom. The Balaban J connectivity index is 2.40. The summed E-state index contributed by atoms with van der Waals surface area (Å²) in [5.74, 6) is 0. The molecule has 0 saturated heterocycles. The number of nitrogen functional groups attached to an aromatic ring is 1. The molecular formula is C14H15ClN2O2S. The molecule has 6 heteroatoms. The molecule has 0 saturated carbocycles. The largest absolute Gasteiger partial charge is 0.397 e. The van der Waals surface area contributed by atoms with Crippen molar-refractivity contribution < 1.29 is 8.42 Å². The summed E-state index contributed by atoms with van der Waals surface area (Å²) in [6, 6.07) is 9.81. The molecule has 0 aliphatic heterocycles. The molecular weight excluding hydrogens is 296 g/mol. The summed E-state index contributed by atoms with van der Waals surface area (Å²) in [5.41, 5.74) is 8.25. The second kappa shape index (κ2) is 5.34. The van der Waals surface area contributed by atoms with E-state index in [0.29, 0.717) is 10.7 Å². The molecule has 0 atom stereocenters. The van der Waals surface area contributed by atoms with E-state index in [4.69, 9.17) is 17.3 Å². The minimum Gasteiger partial charge on any atom is -0.397 e. The molecule has 4 nitrogen and oxygen atoms in total. The zero-order valence-corrected chi connectivity index (χ0v) is 12.7. The summed E-state index contributed by atoms with van der Waals surface area (Å²) in [4.78, 5) is 0.0836. The molecule has 106 valence electrons. The molecule has 3 N–H and O–H groups in total. The average Bonchev–Trinajstić information content (AvgIpc) is 2.36. The van der Waals surface area contributed by atoms with E-state index in [1.165, 1.54) is 18.2 Å². The highest BCUT2D eigenvalue weighted by Gasteiger charge is 2.16. The lowest BCUT2D eigenvalue weighted by Crippen LogP contribution is -2.14. The van der Waals surface area contributed by atoms with Crippen molar-refractivity contribution in [3.63, 3.8) is 0 Å². The van der Waals surface area contributed by atoms with E-state index in [1.807, 2.05) is 26.0 Å². The van der Waals surface area contributed by atoms with Crippen molar-refractivity contribution >= 4 is 33.0 Å². The molecule has 0 amide bonds. The fraction of sp³-hybridized carbons (Fsp3) is 0.143. The Labute approximate surface area is 123 Å². The van der Waals surface area contributed by atoms with Gasteiger partial charge >= 0.3 is 0 Å². The van der Waals surface area contributed by atoms with Gasteiger partial charge in [0.1, 0.15) is 0 Å². The Morgan fingerprint density at radius 1 is 1.10 bits per heavy atom. The van der Waals surface area contributed by atoms with Crippen LogP contribution in [0.4, 0.5) is 11.4 Å². The number of rotatable bonds is 3. The zero-order chi connectivity index (χ0) is 14.9. The fourth-order valence-electron chi connectivity index (χ4n) is 1.74. The number of sulfonamides is 1. The van der Waals surface area contributed by atoms with Crippen molar-refractivity contribution in [1.82, 2.24) is 0 Å². The summed E-state index contributed by atoms with van der Waals surface area (Å²) in [6.45, 7) is 3.74. The Bertz CT molecular complexity index is 758. The molecule has 0 aromatic heterocycles. The number of hydrogen-bond donors (Lipinski definition) is 2. The molecule has 0 heterocycles. The number of nitrogens with two attached hydrogens (primary N) is 1. The van der Waals surface area contributed by atoms with Gasteiger partial charge in [-0.3, -0.25) is 4.72 Å². The Morgan fingerprint density at radius 3 is 2.45 bits per heavy atom. The predicted octanol–water partition coefficient (Wildman–Crippen LogP) is 3.34. The second-order valence-electron chi connectivity index (χ2n) is 4.61. The maximum atomic E-state index is 12.3. The first-order chi connectivity index (χ1) is 9.29. The van der Waals surface area contributed by atoms with E-state index in [0.717, 1.165) is 11.1 Å². The van der Waals surface area contributed by atoms with Gasteiger partial charge in [-0.05, 0) is 49.2 Å². The molecule has 0 fully saturated rings. The molecule has 0 bridgehead atoms. The van der Waals surface area contributed by atoms with Gasteiger partial charge in [-0.1, -0.05) is 23.7 Å². The van der Waals surface area contributed by atoms with Crippen LogP contribution in [0.1, 0.15) is 11.1 Å². The van der Waals surface area contributed by atoms with Crippen molar-refractivity contribution in [1.29, 1.82) is 0 Å². The highest BCUT2D eigenvalue weighted by atomic mass is 35.5. The van der Waals surface area contributed by atoms with E-state index < -0.39 is 10.0 Å². The van der Waals surface area contributed by atoms with Crippen LogP contribution >= 0.6 is 11.6 Å². The summed E-state index contributed by atoms with van der Waals surface area (Å²) in [5, 5.41) is 0.329. The second-order valence-corrected chi connectivity index (χ2v) is 6.70. The molecule has 0 spiro atoms. The summed E-state index contributed by atoms with van der Waals surface area (Å²) in [6.07, 6.45) is 0. The molecule has 0 unspecified atom stereocenters. The van der Waals surface area contributed by atoms with E-state index in [9.17, 15) is 8.42 Å². The van der Waals surface area contributed by atoms with E-state index in [-0.39, 0.29) is 10.6 Å². The highest BCUT2D eigenvalue weighted by molar-refractivity contribution is 7.92. The maximum absolute atomic E-state index is 12.3. The van der Waals surface area contributed by atoms with Crippen molar-refractivity contribution in [3.05, 3.63) is 52.5 Å². The summed E-state index contributed by atoms with van der Waals surface area (Å²) < 4.78 is 27.2. The zero-order valence-electron chi connectivity index (χ0n) is 11.1. The van der Waals surface area contributed by atoms with Crippen LogP contribution < -0.4 is 10.5 Å². The van der Waals surface area contributed by atoms with Crippen LogP contribution in [-0.4, -0.2) is 8.42 Å². The van der Waals surface area contributed by atoms with Gasteiger partial charge in [-0.25, -0.2) is 8.42 Å². The highest BCUT2D eigenvalue weighted by Crippen LogP contribution is 2.25. The Kier molecular flexibility index (Phi) is 3.92. The number of halogens is 1. The summed E-state index contributed by atoms with van der Waals surface area (Å²) in [7, 11) is -3.68. The Hall–Kier alpha value is -1.72.